The molecule has 4 rings (SSSR count). The van der Waals surface area contributed by atoms with Crippen LogP contribution in [0.2, 0.25) is 0 Å². The first-order valence-electron chi connectivity index (χ1n) is 9.89. The van der Waals surface area contributed by atoms with Crippen molar-refractivity contribution < 1.29 is 9.59 Å². The highest BCUT2D eigenvalue weighted by atomic mass is 32.2. The summed E-state index contributed by atoms with van der Waals surface area (Å²) in [4.78, 5) is 45.2. The van der Waals surface area contributed by atoms with Crippen molar-refractivity contribution in [3.8, 4) is 0 Å². The van der Waals surface area contributed by atoms with Crippen molar-refractivity contribution in [1.29, 1.82) is 0 Å². The number of rotatable bonds is 5. The number of fused-ring (bicyclic) bond motifs is 1. The van der Waals surface area contributed by atoms with Crippen LogP contribution in [0.1, 0.15) is 34.6 Å². The Labute approximate surface area is 183 Å². The lowest BCUT2D eigenvalue weighted by Gasteiger charge is -2.23. The van der Waals surface area contributed by atoms with Gasteiger partial charge in [0.25, 0.3) is 5.56 Å². The fourth-order valence-corrected chi connectivity index (χ4v) is 4.46. The van der Waals surface area contributed by atoms with Gasteiger partial charge in [0, 0.05) is 17.9 Å². The van der Waals surface area contributed by atoms with Crippen LogP contribution < -0.4 is 16.2 Å². The number of carbonyl (C=O) groups excluding carboxylic acids is 2. The number of hydrogen-bond acceptors (Lipinski definition) is 5. The normalized spacial score (nSPS) is 15.2. The van der Waals surface area contributed by atoms with Crippen molar-refractivity contribution in [2.75, 3.05) is 10.6 Å². The molecule has 0 fully saturated rings. The molecule has 158 valence electrons. The number of carbonyl (C=O) groups is 2. The van der Waals surface area contributed by atoms with Gasteiger partial charge >= 0.3 is 0 Å². The molecule has 0 spiro atoms. The SMILES string of the molecule is Cc1cc(C)cc(NC(=O)C2CC(=O)Nc3nc(SCc4ccccc4)[nH]c(=O)c32)c1. The zero-order valence-electron chi connectivity index (χ0n) is 17.2. The number of aromatic nitrogens is 2. The lowest BCUT2D eigenvalue weighted by atomic mass is 9.92. The Balaban J connectivity index is 1.59. The van der Waals surface area contributed by atoms with Gasteiger partial charge in [-0.1, -0.05) is 48.2 Å². The fraction of sp³-hybridized carbons (Fsp3) is 0.217. The lowest BCUT2D eigenvalue weighted by molar-refractivity contribution is -0.123. The van der Waals surface area contributed by atoms with Gasteiger partial charge in [-0.15, -0.1) is 0 Å². The number of hydrogen-bond donors (Lipinski definition) is 3. The molecule has 2 aromatic carbocycles. The summed E-state index contributed by atoms with van der Waals surface area (Å²) in [5.41, 5.74) is 3.51. The number of thioether (sulfide) groups is 1. The quantitative estimate of drug-likeness (QED) is 0.419. The van der Waals surface area contributed by atoms with E-state index in [4.69, 9.17) is 0 Å². The van der Waals surface area contributed by atoms with Crippen LogP contribution in [0.5, 0.6) is 0 Å². The van der Waals surface area contributed by atoms with Gasteiger partial charge in [0.1, 0.15) is 5.82 Å². The van der Waals surface area contributed by atoms with E-state index in [9.17, 15) is 14.4 Å². The van der Waals surface area contributed by atoms with Gasteiger partial charge in [0.05, 0.1) is 11.5 Å². The van der Waals surface area contributed by atoms with E-state index in [2.05, 4.69) is 20.6 Å². The Morgan fingerprint density at radius 2 is 1.84 bits per heavy atom. The number of aryl methyl sites for hydroxylation is 2. The average molecular weight is 435 g/mol. The van der Waals surface area contributed by atoms with Crippen molar-refractivity contribution in [3.63, 3.8) is 0 Å². The number of nitrogens with one attached hydrogen (secondary N) is 3. The predicted octanol–water partition coefficient (Wildman–Crippen LogP) is 3.74. The maximum Gasteiger partial charge on any atom is 0.257 e. The highest BCUT2D eigenvalue weighted by molar-refractivity contribution is 7.98. The molecule has 1 aliphatic heterocycles. The van der Waals surface area contributed by atoms with Crippen LogP contribution in [-0.4, -0.2) is 21.8 Å². The van der Waals surface area contributed by atoms with Crippen molar-refractivity contribution in [3.05, 3.63) is 81.1 Å². The molecule has 2 amide bonds. The molecule has 0 aliphatic carbocycles. The van der Waals surface area contributed by atoms with Gasteiger partial charge in [0.15, 0.2) is 5.16 Å². The highest BCUT2D eigenvalue weighted by Crippen LogP contribution is 2.31. The van der Waals surface area contributed by atoms with E-state index in [1.54, 1.807) is 0 Å². The largest absolute Gasteiger partial charge is 0.326 e. The summed E-state index contributed by atoms with van der Waals surface area (Å²) in [5.74, 6) is -0.888. The molecule has 0 bridgehead atoms. The van der Waals surface area contributed by atoms with Gasteiger partial charge in [-0.05, 0) is 42.7 Å². The van der Waals surface area contributed by atoms with Crippen LogP contribution >= 0.6 is 11.8 Å². The molecule has 3 N–H and O–H groups in total. The fourth-order valence-electron chi connectivity index (χ4n) is 3.65. The van der Waals surface area contributed by atoms with Crippen molar-refractivity contribution in [2.45, 2.75) is 37.1 Å². The summed E-state index contributed by atoms with van der Waals surface area (Å²) in [5, 5.41) is 5.87. The zero-order valence-corrected chi connectivity index (χ0v) is 18.0. The number of aromatic amines is 1. The number of H-pyrrole nitrogens is 1. The Kier molecular flexibility index (Phi) is 5.90. The zero-order chi connectivity index (χ0) is 22.0. The molecular formula is C23H22N4O3S. The predicted molar refractivity (Wildman–Crippen MR) is 121 cm³/mol. The second-order valence-electron chi connectivity index (χ2n) is 7.58. The molecule has 7 nitrogen and oxygen atoms in total. The average Bonchev–Trinajstić information content (AvgIpc) is 2.71. The third-order valence-electron chi connectivity index (χ3n) is 4.95. The molecule has 0 saturated heterocycles. The molecule has 1 aliphatic rings. The van der Waals surface area contributed by atoms with E-state index >= 15 is 0 Å². The monoisotopic (exact) mass is 434 g/mol. The number of nitrogens with zero attached hydrogens (tertiary/aromatic N) is 1. The first-order valence-corrected chi connectivity index (χ1v) is 10.9. The molecule has 1 aromatic heterocycles. The van der Waals surface area contributed by atoms with Gasteiger partial charge in [0.2, 0.25) is 11.8 Å². The molecule has 0 radical (unpaired) electrons. The van der Waals surface area contributed by atoms with Gasteiger partial charge in [-0.2, -0.15) is 0 Å². The van der Waals surface area contributed by atoms with Crippen LogP contribution in [0.15, 0.2) is 58.5 Å². The topological polar surface area (TPSA) is 104 Å². The molecule has 31 heavy (non-hydrogen) atoms. The van der Waals surface area contributed by atoms with Gasteiger partial charge < -0.3 is 15.6 Å². The summed E-state index contributed by atoms with van der Waals surface area (Å²) in [6, 6.07) is 15.5. The Bertz CT molecular complexity index is 1190. The van der Waals surface area contributed by atoms with Crippen LogP contribution in [0, 0.1) is 13.8 Å². The van der Waals surface area contributed by atoms with E-state index in [0.717, 1.165) is 16.7 Å². The summed E-state index contributed by atoms with van der Waals surface area (Å²) in [7, 11) is 0. The molecule has 3 aromatic rings. The van der Waals surface area contributed by atoms with Crippen LogP contribution in [0.25, 0.3) is 0 Å². The molecule has 1 unspecified atom stereocenters. The number of amides is 2. The summed E-state index contributed by atoms with van der Waals surface area (Å²) < 4.78 is 0. The van der Waals surface area contributed by atoms with E-state index < -0.39 is 17.4 Å². The summed E-state index contributed by atoms with van der Waals surface area (Å²) in [6.45, 7) is 3.88. The first kappa shape index (κ1) is 20.9. The van der Waals surface area contributed by atoms with E-state index in [1.165, 1.54) is 11.8 Å². The minimum absolute atomic E-state index is 0.106. The standard InChI is InChI=1S/C23H22N4O3S/c1-13-8-14(2)10-16(9-13)24-21(29)17-11-18(28)25-20-19(17)22(30)27-23(26-20)31-12-15-6-4-3-5-7-15/h3-10,17H,11-12H2,1-2H3,(H,24,29)(H2,25,26,27,28,30). The van der Waals surface area contributed by atoms with E-state index in [0.29, 0.717) is 16.6 Å². The second kappa shape index (κ2) is 8.77. The van der Waals surface area contributed by atoms with Crippen LogP contribution in [0.4, 0.5) is 11.5 Å². The van der Waals surface area contributed by atoms with Crippen molar-refractivity contribution >= 4 is 35.1 Å². The van der Waals surface area contributed by atoms with E-state index in [1.807, 2.05) is 62.4 Å². The third kappa shape index (κ3) is 4.86. The maximum absolute atomic E-state index is 13.0. The third-order valence-corrected chi connectivity index (χ3v) is 5.90. The van der Waals surface area contributed by atoms with Crippen molar-refractivity contribution in [2.24, 2.45) is 0 Å². The Hall–Kier alpha value is -3.39. The number of benzene rings is 2. The number of anilines is 2. The maximum atomic E-state index is 13.0. The Morgan fingerprint density at radius 1 is 1.13 bits per heavy atom. The Morgan fingerprint density at radius 3 is 2.55 bits per heavy atom. The highest BCUT2D eigenvalue weighted by Gasteiger charge is 2.34. The smallest absolute Gasteiger partial charge is 0.257 e. The molecule has 1 atom stereocenters. The minimum atomic E-state index is -0.908. The van der Waals surface area contributed by atoms with E-state index in [-0.39, 0.29) is 23.7 Å². The molecule has 0 saturated carbocycles. The van der Waals surface area contributed by atoms with Gasteiger partial charge in [-0.3, -0.25) is 14.4 Å². The van der Waals surface area contributed by atoms with Crippen molar-refractivity contribution in [1.82, 2.24) is 9.97 Å². The molecule has 2 heterocycles. The van der Waals surface area contributed by atoms with Crippen LogP contribution in [0.3, 0.4) is 0 Å². The minimum Gasteiger partial charge on any atom is -0.326 e. The summed E-state index contributed by atoms with van der Waals surface area (Å²) in [6.07, 6.45) is -0.106. The first-order chi connectivity index (χ1) is 14.9. The molecular weight excluding hydrogens is 412 g/mol. The lowest BCUT2D eigenvalue weighted by Crippen LogP contribution is -2.36. The molecule has 8 heteroatoms. The second-order valence-corrected chi connectivity index (χ2v) is 8.54. The summed E-state index contributed by atoms with van der Waals surface area (Å²) >= 11 is 1.36. The van der Waals surface area contributed by atoms with Crippen LogP contribution in [-0.2, 0) is 15.3 Å². The van der Waals surface area contributed by atoms with Gasteiger partial charge in [-0.25, -0.2) is 4.98 Å².